The van der Waals surface area contributed by atoms with Crippen molar-refractivity contribution in [3.63, 3.8) is 0 Å². The molecular formula is C16H21N5O2. The number of aryl methyl sites for hydroxylation is 2. The lowest BCUT2D eigenvalue weighted by Crippen LogP contribution is -2.31. The molecule has 7 nitrogen and oxygen atoms in total. The highest BCUT2D eigenvalue weighted by Crippen LogP contribution is 2.22. The van der Waals surface area contributed by atoms with Crippen molar-refractivity contribution in [1.82, 2.24) is 24.6 Å². The number of hydrogen-bond donors (Lipinski definition) is 1. The van der Waals surface area contributed by atoms with Crippen LogP contribution in [0.2, 0.25) is 0 Å². The van der Waals surface area contributed by atoms with Crippen molar-refractivity contribution in [1.29, 1.82) is 0 Å². The Hall–Kier alpha value is -2.28. The van der Waals surface area contributed by atoms with E-state index in [1.54, 1.807) is 34.2 Å². The zero-order valence-corrected chi connectivity index (χ0v) is 13.4. The number of β-amino-alcohol motifs (C(OH)–C–C–N with tert-alkyl or cyclic N) is 1. The van der Waals surface area contributed by atoms with Gasteiger partial charge in [-0.15, -0.1) is 0 Å². The van der Waals surface area contributed by atoms with Gasteiger partial charge in [-0.25, -0.2) is 0 Å². The zero-order chi connectivity index (χ0) is 16.4. The molecule has 2 atom stereocenters. The van der Waals surface area contributed by atoms with Gasteiger partial charge in [0.25, 0.3) is 5.91 Å². The third-order valence-corrected chi connectivity index (χ3v) is 4.20. The molecule has 0 bridgehead atoms. The number of carbonyl (C=O) groups is 1. The highest BCUT2D eigenvalue weighted by molar-refractivity contribution is 5.93. The number of rotatable bonds is 4. The molecule has 122 valence electrons. The predicted octanol–water partition coefficient (Wildman–Crippen LogP) is 0.677. The van der Waals surface area contributed by atoms with Crippen LogP contribution in [0.4, 0.5) is 0 Å². The molecule has 0 aromatic carbocycles. The first-order valence-electron chi connectivity index (χ1n) is 7.85. The Morgan fingerprint density at radius 1 is 1.39 bits per heavy atom. The summed E-state index contributed by atoms with van der Waals surface area (Å²) >= 11 is 0. The minimum Gasteiger partial charge on any atom is -0.391 e. The molecule has 1 fully saturated rings. The summed E-state index contributed by atoms with van der Waals surface area (Å²) in [5.74, 6) is -0.0945. The molecule has 1 aliphatic heterocycles. The third kappa shape index (κ3) is 3.24. The van der Waals surface area contributed by atoms with E-state index in [9.17, 15) is 9.90 Å². The molecular weight excluding hydrogens is 294 g/mol. The van der Waals surface area contributed by atoms with Gasteiger partial charge in [-0.1, -0.05) is 0 Å². The SMILES string of the molecule is CCn1nc(C)cc1C(=O)N1CC(O)C(Cc2cnccn2)C1. The number of aromatic nitrogens is 4. The highest BCUT2D eigenvalue weighted by atomic mass is 16.3. The maximum atomic E-state index is 12.7. The molecule has 1 amide bonds. The minimum atomic E-state index is -0.542. The Kier molecular flexibility index (Phi) is 4.38. The van der Waals surface area contributed by atoms with Gasteiger partial charge in [-0.2, -0.15) is 5.10 Å². The van der Waals surface area contributed by atoms with Crippen LogP contribution in [0.15, 0.2) is 24.7 Å². The Morgan fingerprint density at radius 3 is 2.91 bits per heavy atom. The van der Waals surface area contributed by atoms with Crippen molar-refractivity contribution in [2.45, 2.75) is 32.9 Å². The predicted molar refractivity (Wildman–Crippen MR) is 83.8 cm³/mol. The second-order valence-corrected chi connectivity index (χ2v) is 5.93. The van der Waals surface area contributed by atoms with E-state index in [0.717, 1.165) is 11.4 Å². The molecule has 0 spiro atoms. The molecule has 3 rings (SSSR count). The van der Waals surface area contributed by atoms with Crippen LogP contribution in [0, 0.1) is 12.8 Å². The molecule has 1 N–H and O–H groups in total. The molecule has 7 heteroatoms. The van der Waals surface area contributed by atoms with E-state index in [4.69, 9.17) is 0 Å². The maximum Gasteiger partial charge on any atom is 0.272 e. The molecule has 23 heavy (non-hydrogen) atoms. The van der Waals surface area contributed by atoms with Crippen molar-refractivity contribution in [2.24, 2.45) is 5.92 Å². The number of carbonyl (C=O) groups excluding carboxylic acids is 1. The van der Waals surface area contributed by atoms with Crippen molar-refractivity contribution >= 4 is 5.91 Å². The van der Waals surface area contributed by atoms with Crippen molar-refractivity contribution in [2.75, 3.05) is 13.1 Å². The number of aliphatic hydroxyl groups is 1. The summed E-state index contributed by atoms with van der Waals surface area (Å²) in [6.45, 7) is 5.34. The Balaban J connectivity index is 1.71. The standard InChI is InChI=1S/C16H21N5O2/c1-3-21-14(6-11(2)19-21)16(23)20-9-12(15(22)10-20)7-13-8-17-4-5-18-13/h4-6,8,12,15,22H,3,7,9-10H2,1-2H3. The fourth-order valence-corrected chi connectivity index (χ4v) is 3.05. The van der Waals surface area contributed by atoms with Crippen LogP contribution in [-0.4, -0.2) is 54.9 Å². The molecule has 0 radical (unpaired) electrons. The molecule has 2 unspecified atom stereocenters. The van der Waals surface area contributed by atoms with Crippen LogP contribution in [-0.2, 0) is 13.0 Å². The molecule has 1 aliphatic rings. The Bertz CT molecular complexity index is 685. The first kappa shape index (κ1) is 15.6. The molecule has 1 saturated heterocycles. The van der Waals surface area contributed by atoms with Crippen LogP contribution in [0.1, 0.15) is 28.8 Å². The normalized spacial score (nSPS) is 20.9. The zero-order valence-electron chi connectivity index (χ0n) is 13.4. The lowest BCUT2D eigenvalue weighted by Gasteiger charge is -2.16. The highest BCUT2D eigenvalue weighted by Gasteiger charge is 2.35. The van der Waals surface area contributed by atoms with Crippen LogP contribution < -0.4 is 0 Å². The van der Waals surface area contributed by atoms with Gasteiger partial charge in [0.15, 0.2) is 0 Å². The summed E-state index contributed by atoms with van der Waals surface area (Å²) in [4.78, 5) is 22.7. The Morgan fingerprint density at radius 2 is 2.22 bits per heavy atom. The molecule has 2 aromatic heterocycles. The summed E-state index contributed by atoms with van der Waals surface area (Å²) in [5, 5.41) is 14.6. The molecule has 3 heterocycles. The van der Waals surface area contributed by atoms with Gasteiger partial charge in [-0.05, 0) is 26.3 Å². The van der Waals surface area contributed by atoms with Crippen LogP contribution >= 0.6 is 0 Å². The van der Waals surface area contributed by atoms with Gasteiger partial charge < -0.3 is 10.0 Å². The van der Waals surface area contributed by atoms with Crippen LogP contribution in [0.3, 0.4) is 0 Å². The number of likely N-dealkylation sites (tertiary alicyclic amines) is 1. The number of nitrogens with zero attached hydrogens (tertiary/aromatic N) is 5. The summed E-state index contributed by atoms with van der Waals surface area (Å²) in [7, 11) is 0. The maximum absolute atomic E-state index is 12.7. The average Bonchev–Trinajstić information content (AvgIpc) is 3.11. The smallest absolute Gasteiger partial charge is 0.272 e. The molecule has 2 aromatic rings. The Labute approximate surface area is 135 Å². The average molecular weight is 315 g/mol. The van der Waals surface area contributed by atoms with Gasteiger partial charge >= 0.3 is 0 Å². The lowest BCUT2D eigenvalue weighted by molar-refractivity contribution is 0.0752. The van der Waals surface area contributed by atoms with Gasteiger partial charge in [-0.3, -0.25) is 19.4 Å². The second-order valence-electron chi connectivity index (χ2n) is 5.93. The first-order chi connectivity index (χ1) is 11.1. The van der Waals surface area contributed by atoms with Crippen LogP contribution in [0.25, 0.3) is 0 Å². The van der Waals surface area contributed by atoms with Crippen LogP contribution in [0.5, 0.6) is 0 Å². The van der Waals surface area contributed by atoms with E-state index in [0.29, 0.717) is 31.7 Å². The van der Waals surface area contributed by atoms with E-state index >= 15 is 0 Å². The molecule has 0 saturated carbocycles. The number of hydrogen-bond acceptors (Lipinski definition) is 5. The van der Waals surface area contributed by atoms with Crippen molar-refractivity contribution in [3.05, 3.63) is 41.7 Å². The summed E-state index contributed by atoms with van der Waals surface area (Å²) in [5.41, 5.74) is 2.24. The summed E-state index contributed by atoms with van der Waals surface area (Å²) in [6.07, 6.45) is 5.04. The van der Waals surface area contributed by atoms with Crippen molar-refractivity contribution in [3.8, 4) is 0 Å². The van der Waals surface area contributed by atoms with E-state index in [1.807, 2.05) is 13.8 Å². The van der Waals surface area contributed by atoms with E-state index in [-0.39, 0.29) is 11.8 Å². The van der Waals surface area contributed by atoms with Crippen molar-refractivity contribution < 1.29 is 9.90 Å². The van der Waals surface area contributed by atoms with E-state index in [1.165, 1.54) is 0 Å². The summed E-state index contributed by atoms with van der Waals surface area (Å²) < 4.78 is 1.71. The second kappa shape index (κ2) is 6.45. The first-order valence-corrected chi connectivity index (χ1v) is 7.85. The monoisotopic (exact) mass is 315 g/mol. The fraction of sp³-hybridized carbons (Fsp3) is 0.500. The van der Waals surface area contributed by atoms with Gasteiger partial charge in [0.2, 0.25) is 0 Å². The number of amides is 1. The summed E-state index contributed by atoms with van der Waals surface area (Å²) in [6, 6.07) is 1.80. The third-order valence-electron chi connectivity index (χ3n) is 4.20. The fourth-order valence-electron chi connectivity index (χ4n) is 3.05. The lowest BCUT2D eigenvalue weighted by atomic mass is 10.0. The van der Waals surface area contributed by atoms with Gasteiger partial charge in [0, 0.05) is 44.1 Å². The minimum absolute atomic E-state index is 0.0188. The largest absolute Gasteiger partial charge is 0.391 e. The quantitative estimate of drug-likeness (QED) is 0.897. The van der Waals surface area contributed by atoms with E-state index in [2.05, 4.69) is 15.1 Å². The number of aliphatic hydroxyl groups excluding tert-OH is 1. The van der Waals surface area contributed by atoms with E-state index < -0.39 is 6.10 Å². The van der Waals surface area contributed by atoms with Gasteiger partial charge in [0.1, 0.15) is 5.69 Å². The van der Waals surface area contributed by atoms with Gasteiger partial charge in [0.05, 0.1) is 17.5 Å². The topological polar surface area (TPSA) is 84.1 Å². The molecule has 0 aliphatic carbocycles.